The van der Waals surface area contributed by atoms with E-state index in [0.29, 0.717) is 26.3 Å². The SMILES string of the molecule is CN1CC(=O)N(c2ccccc2)Cc2c1ncnc2N1CCOCC1. The fourth-order valence-corrected chi connectivity index (χ4v) is 3.36. The molecule has 0 bridgehead atoms. The van der Waals surface area contributed by atoms with Crippen LogP contribution in [0.15, 0.2) is 36.7 Å². The summed E-state index contributed by atoms with van der Waals surface area (Å²) in [5.74, 6) is 1.78. The number of para-hydroxylation sites is 1. The Bertz CT molecular complexity index is 761. The van der Waals surface area contributed by atoms with Crippen molar-refractivity contribution in [2.45, 2.75) is 6.54 Å². The summed E-state index contributed by atoms with van der Waals surface area (Å²) in [6, 6.07) is 9.77. The van der Waals surface area contributed by atoms with E-state index in [9.17, 15) is 4.79 Å². The summed E-state index contributed by atoms with van der Waals surface area (Å²) < 4.78 is 5.46. The molecule has 0 saturated carbocycles. The third-order valence-electron chi connectivity index (χ3n) is 4.63. The number of benzene rings is 1. The first-order valence-corrected chi connectivity index (χ1v) is 8.47. The van der Waals surface area contributed by atoms with Crippen LogP contribution < -0.4 is 14.7 Å². The Hall–Kier alpha value is -2.67. The predicted molar refractivity (Wildman–Crippen MR) is 96.0 cm³/mol. The number of anilines is 3. The zero-order valence-electron chi connectivity index (χ0n) is 14.3. The molecule has 7 heteroatoms. The Morgan fingerprint density at radius 1 is 1.00 bits per heavy atom. The average Bonchev–Trinajstić information content (AvgIpc) is 2.79. The van der Waals surface area contributed by atoms with Crippen LogP contribution in [0.2, 0.25) is 0 Å². The predicted octanol–water partition coefficient (Wildman–Crippen LogP) is 1.30. The van der Waals surface area contributed by atoms with E-state index in [1.807, 2.05) is 47.2 Å². The van der Waals surface area contributed by atoms with Gasteiger partial charge in [-0.1, -0.05) is 18.2 Å². The Morgan fingerprint density at radius 2 is 1.72 bits per heavy atom. The topological polar surface area (TPSA) is 61.8 Å². The lowest BCUT2D eigenvalue weighted by molar-refractivity contribution is -0.117. The fourth-order valence-electron chi connectivity index (χ4n) is 3.36. The Balaban J connectivity index is 1.76. The van der Waals surface area contributed by atoms with Gasteiger partial charge in [0.05, 0.1) is 31.9 Å². The molecule has 2 aliphatic heterocycles. The van der Waals surface area contributed by atoms with Crippen LogP contribution in [-0.2, 0) is 16.1 Å². The molecule has 1 aromatic heterocycles. The normalized spacial score (nSPS) is 18.1. The summed E-state index contributed by atoms with van der Waals surface area (Å²) in [7, 11) is 1.90. The number of rotatable bonds is 2. The van der Waals surface area contributed by atoms with Crippen molar-refractivity contribution in [2.24, 2.45) is 0 Å². The zero-order valence-corrected chi connectivity index (χ0v) is 14.3. The van der Waals surface area contributed by atoms with E-state index in [4.69, 9.17) is 4.74 Å². The fraction of sp³-hybridized carbons (Fsp3) is 0.389. The molecule has 0 radical (unpaired) electrons. The number of hydrogen-bond acceptors (Lipinski definition) is 6. The average molecular weight is 339 g/mol. The van der Waals surface area contributed by atoms with E-state index in [2.05, 4.69) is 14.9 Å². The van der Waals surface area contributed by atoms with E-state index in [-0.39, 0.29) is 5.91 Å². The molecule has 130 valence electrons. The zero-order chi connectivity index (χ0) is 17.2. The second kappa shape index (κ2) is 6.68. The lowest BCUT2D eigenvalue weighted by Gasteiger charge is -2.30. The number of morpholine rings is 1. The molecule has 0 atom stereocenters. The van der Waals surface area contributed by atoms with Gasteiger partial charge in [0, 0.05) is 25.8 Å². The van der Waals surface area contributed by atoms with Gasteiger partial charge in [-0.25, -0.2) is 9.97 Å². The second-order valence-corrected chi connectivity index (χ2v) is 6.27. The molecule has 25 heavy (non-hydrogen) atoms. The summed E-state index contributed by atoms with van der Waals surface area (Å²) in [5, 5.41) is 0. The largest absolute Gasteiger partial charge is 0.378 e. The highest BCUT2D eigenvalue weighted by Gasteiger charge is 2.29. The first kappa shape index (κ1) is 15.8. The maximum atomic E-state index is 12.8. The number of carbonyl (C=O) groups is 1. The van der Waals surface area contributed by atoms with Crippen LogP contribution >= 0.6 is 0 Å². The molecule has 4 rings (SSSR count). The highest BCUT2D eigenvalue weighted by molar-refractivity contribution is 5.97. The van der Waals surface area contributed by atoms with Gasteiger partial charge in [-0.05, 0) is 12.1 Å². The molecule has 1 fully saturated rings. The molecule has 2 aliphatic rings. The van der Waals surface area contributed by atoms with Crippen LogP contribution in [-0.4, -0.2) is 55.8 Å². The lowest BCUT2D eigenvalue weighted by Crippen LogP contribution is -2.38. The number of nitrogens with zero attached hydrogens (tertiary/aromatic N) is 5. The standard InChI is InChI=1S/C18H21N5O2/c1-21-12-16(24)23(14-5-3-2-4-6-14)11-15-17(21)19-13-20-18(15)22-7-9-25-10-8-22/h2-6,13H,7-12H2,1H3. The molecule has 7 nitrogen and oxygen atoms in total. The van der Waals surface area contributed by atoms with Gasteiger partial charge in [-0.3, -0.25) is 4.79 Å². The molecule has 3 heterocycles. The Labute approximate surface area is 146 Å². The number of carbonyl (C=O) groups excluding carboxylic acids is 1. The molecule has 1 saturated heterocycles. The molecule has 1 amide bonds. The summed E-state index contributed by atoms with van der Waals surface area (Å²) in [6.07, 6.45) is 1.59. The molecule has 1 aromatic carbocycles. The van der Waals surface area contributed by atoms with Crippen LogP contribution in [0.4, 0.5) is 17.3 Å². The van der Waals surface area contributed by atoms with Crippen molar-refractivity contribution in [1.82, 2.24) is 9.97 Å². The van der Waals surface area contributed by atoms with Gasteiger partial charge in [0.25, 0.3) is 0 Å². The van der Waals surface area contributed by atoms with Crippen molar-refractivity contribution in [1.29, 1.82) is 0 Å². The molecule has 2 aromatic rings. The van der Waals surface area contributed by atoms with Crippen molar-refractivity contribution in [3.63, 3.8) is 0 Å². The maximum absolute atomic E-state index is 12.8. The van der Waals surface area contributed by atoms with Crippen molar-refractivity contribution < 1.29 is 9.53 Å². The number of aromatic nitrogens is 2. The maximum Gasteiger partial charge on any atom is 0.246 e. The van der Waals surface area contributed by atoms with E-state index in [1.54, 1.807) is 6.33 Å². The van der Waals surface area contributed by atoms with Crippen molar-refractivity contribution in [3.8, 4) is 0 Å². The van der Waals surface area contributed by atoms with Crippen molar-refractivity contribution in [3.05, 3.63) is 42.2 Å². The van der Waals surface area contributed by atoms with E-state index >= 15 is 0 Å². The number of ether oxygens (including phenoxy) is 1. The van der Waals surface area contributed by atoms with Gasteiger partial charge in [0.1, 0.15) is 18.0 Å². The monoisotopic (exact) mass is 339 g/mol. The van der Waals surface area contributed by atoms with Crippen LogP contribution in [0, 0.1) is 0 Å². The van der Waals surface area contributed by atoms with Gasteiger partial charge < -0.3 is 19.4 Å². The van der Waals surface area contributed by atoms with Crippen molar-refractivity contribution >= 4 is 23.2 Å². The number of fused-ring (bicyclic) bond motifs is 1. The quantitative estimate of drug-likeness (QED) is 0.822. The van der Waals surface area contributed by atoms with E-state index in [1.165, 1.54) is 0 Å². The van der Waals surface area contributed by atoms with E-state index in [0.717, 1.165) is 36.0 Å². The van der Waals surface area contributed by atoms with Crippen molar-refractivity contribution in [2.75, 3.05) is 54.6 Å². The third-order valence-corrected chi connectivity index (χ3v) is 4.63. The molecule has 0 spiro atoms. The summed E-state index contributed by atoms with van der Waals surface area (Å²) in [6.45, 7) is 3.74. The van der Waals surface area contributed by atoms with Gasteiger partial charge in [-0.2, -0.15) is 0 Å². The molecular weight excluding hydrogens is 318 g/mol. The first-order chi connectivity index (χ1) is 12.2. The molecule has 0 aliphatic carbocycles. The lowest BCUT2D eigenvalue weighted by atomic mass is 10.2. The van der Waals surface area contributed by atoms with Crippen LogP contribution in [0.5, 0.6) is 0 Å². The molecular formula is C18H21N5O2. The van der Waals surface area contributed by atoms with Crippen LogP contribution in [0.25, 0.3) is 0 Å². The van der Waals surface area contributed by atoms with Gasteiger partial charge in [0.15, 0.2) is 0 Å². The van der Waals surface area contributed by atoms with Crippen LogP contribution in [0.3, 0.4) is 0 Å². The molecule has 0 N–H and O–H groups in total. The minimum Gasteiger partial charge on any atom is -0.378 e. The summed E-state index contributed by atoms with van der Waals surface area (Å²) in [4.78, 5) is 27.7. The Morgan fingerprint density at radius 3 is 2.48 bits per heavy atom. The first-order valence-electron chi connectivity index (χ1n) is 8.47. The highest BCUT2D eigenvalue weighted by Crippen LogP contribution is 2.31. The minimum atomic E-state index is 0.0552. The summed E-state index contributed by atoms with van der Waals surface area (Å²) >= 11 is 0. The Kier molecular flexibility index (Phi) is 4.23. The number of likely N-dealkylation sites (N-methyl/N-ethyl adjacent to an activating group) is 1. The van der Waals surface area contributed by atoms with Gasteiger partial charge >= 0.3 is 0 Å². The third kappa shape index (κ3) is 3.02. The highest BCUT2D eigenvalue weighted by atomic mass is 16.5. The van der Waals surface area contributed by atoms with Gasteiger partial charge in [-0.15, -0.1) is 0 Å². The smallest absolute Gasteiger partial charge is 0.246 e. The molecule has 0 unspecified atom stereocenters. The summed E-state index contributed by atoms with van der Waals surface area (Å²) in [5.41, 5.74) is 1.88. The van der Waals surface area contributed by atoms with E-state index < -0.39 is 0 Å². The van der Waals surface area contributed by atoms with Crippen LogP contribution in [0.1, 0.15) is 5.56 Å². The number of hydrogen-bond donors (Lipinski definition) is 0. The number of amides is 1. The minimum absolute atomic E-state index is 0.0552. The van der Waals surface area contributed by atoms with Gasteiger partial charge in [0.2, 0.25) is 5.91 Å². The second-order valence-electron chi connectivity index (χ2n) is 6.27.